The molecular formula is C14H21N3O. The van der Waals surface area contributed by atoms with Gasteiger partial charge in [-0.2, -0.15) is 0 Å². The van der Waals surface area contributed by atoms with Gasteiger partial charge < -0.3 is 10.2 Å². The van der Waals surface area contributed by atoms with E-state index in [0.717, 1.165) is 23.8 Å². The van der Waals surface area contributed by atoms with Gasteiger partial charge >= 0.3 is 0 Å². The zero-order valence-corrected chi connectivity index (χ0v) is 11.5. The van der Waals surface area contributed by atoms with Gasteiger partial charge in [-0.1, -0.05) is 6.92 Å². The third-order valence-electron chi connectivity index (χ3n) is 2.81. The van der Waals surface area contributed by atoms with Crippen molar-refractivity contribution in [1.82, 2.24) is 0 Å². The molecule has 18 heavy (non-hydrogen) atoms. The Morgan fingerprint density at radius 1 is 1.28 bits per heavy atom. The summed E-state index contributed by atoms with van der Waals surface area (Å²) in [6.07, 6.45) is 0.491. The van der Waals surface area contributed by atoms with Gasteiger partial charge in [0.15, 0.2) is 0 Å². The van der Waals surface area contributed by atoms with E-state index in [1.165, 1.54) is 0 Å². The molecule has 0 saturated carbocycles. The van der Waals surface area contributed by atoms with Crippen molar-refractivity contribution in [2.45, 2.75) is 27.2 Å². The van der Waals surface area contributed by atoms with Gasteiger partial charge in [-0.15, -0.1) is 0 Å². The number of aliphatic imine (C=N–C) groups is 1. The number of benzene rings is 1. The number of hydrogen-bond donors (Lipinski definition) is 1. The molecule has 0 heterocycles. The highest BCUT2D eigenvalue weighted by Crippen LogP contribution is 2.18. The van der Waals surface area contributed by atoms with Crippen LogP contribution in [0.4, 0.5) is 11.4 Å². The van der Waals surface area contributed by atoms with E-state index in [2.05, 4.69) is 22.1 Å². The summed E-state index contributed by atoms with van der Waals surface area (Å²) in [7, 11) is 1.79. The Kier molecular flexibility index (Phi) is 5.36. The maximum atomic E-state index is 11.3. The average Bonchev–Trinajstić information content (AvgIpc) is 2.41. The molecule has 0 saturated heterocycles. The van der Waals surface area contributed by atoms with E-state index in [1.54, 1.807) is 7.05 Å². The molecule has 0 radical (unpaired) electrons. The fourth-order valence-corrected chi connectivity index (χ4v) is 1.69. The first kappa shape index (κ1) is 14.2. The monoisotopic (exact) mass is 247 g/mol. The van der Waals surface area contributed by atoms with Gasteiger partial charge in [0.1, 0.15) is 0 Å². The molecule has 0 bridgehead atoms. The zero-order chi connectivity index (χ0) is 13.5. The predicted octanol–water partition coefficient (Wildman–Crippen LogP) is 2.91. The average molecular weight is 247 g/mol. The van der Waals surface area contributed by atoms with Crippen LogP contribution in [0.1, 0.15) is 27.2 Å². The number of carbonyl (C=O) groups is 1. The minimum absolute atomic E-state index is 0.0291. The van der Waals surface area contributed by atoms with Gasteiger partial charge in [0.2, 0.25) is 5.91 Å². The van der Waals surface area contributed by atoms with Crippen LogP contribution in [0, 0.1) is 0 Å². The maximum absolute atomic E-state index is 11.3. The molecule has 98 valence electrons. The van der Waals surface area contributed by atoms with Crippen molar-refractivity contribution in [3.8, 4) is 0 Å². The molecule has 0 fully saturated rings. The molecule has 0 aliphatic carbocycles. The van der Waals surface area contributed by atoms with Gasteiger partial charge in [0, 0.05) is 31.4 Å². The van der Waals surface area contributed by atoms with Gasteiger partial charge in [-0.3, -0.25) is 9.79 Å². The topological polar surface area (TPSA) is 44.7 Å². The molecule has 0 unspecified atom stereocenters. The van der Waals surface area contributed by atoms with Crippen LogP contribution in [0.25, 0.3) is 0 Å². The van der Waals surface area contributed by atoms with Gasteiger partial charge in [0.05, 0.1) is 5.84 Å². The summed E-state index contributed by atoms with van der Waals surface area (Å²) in [4.78, 5) is 17.6. The smallest absolute Gasteiger partial charge is 0.224 e. The van der Waals surface area contributed by atoms with Crippen molar-refractivity contribution in [3.05, 3.63) is 24.3 Å². The summed E-state index contributed by atoms with van der Waals surface area (Å²) >= 11 is 0. The zero-order valence-electron chi connectivity index (χ0n) is 11.5. The van der Waals surface area contributed by atoms with Crippen LogP contribution in [0.5, 0.6) is 0 Å². The summed E-state index contributed by atoms with van der Waals surface area (Å²) in [6.45, 7) is 6.77. The van der Waals surface area contributed by atoms with E-state index in [4.69, 9.17) is 0 Å². The van der Waals surface area contributed by atoms with Gasteiger partial charge in [-0.05, 0) is 38.1 Å². The standard InChI is InChI=1S/C14H21N3O/c1-5-14(18)16-12-7-9-13(10-8-12)17(6-2)11(3)15-4/h7-10H,5-6H2,1-4H3,(H,16,18). The van der Waals surface area contributed by atoms with E-state index in [-0.39, 0.29) is 5.91 Å². The van der Waals surface area contributed by atoms with Crippen LogP contribution in [0.15, 0.2) is 29.3 Å². The molecule has 1 N–H and O–H groups in total. The Morgan fingerprint density at radius 3 is 2.33 bits per heavy atom. The van der Waals surface area contributed by atoms with E-state index in [0.29, 0.717) is 6.42 Å². The molecule has 0 aliphatic heterocycles. The third-order valence-corrected chi connectivity index (χ3v) is 2.81. The van der Waals surface area contributed by atoms with Crippen LogP contribution >= 0.6 is 0 Å². The molecule has 0 atom stereocenters. The van der Waals surface area contributed by atoms with Crippen molar-refractivity contribution in [3.63, 3.8) is 0 Å². The number of amides is 1. The second kappa shape index (κ2) is 6.79. The van der Waals surface area contributed by atoms with E-state index in [9.17, 15) is 4.79 Å². The number of nitrogens with one attached hydrogen (secondary N) is 1. The second-order valence-corrected chi connectivity index (χ2v) is 3.96. The Balaban J connectivity index is 2.84. The minimum Gasteiger partial charge on any atom is -0.331 e. The normalized spacial score (nSPS) is 11.2. The minimum atomic E-state index is 0.0291. The molecule has 0 spiro atoms. The van der Waals surface area contributed by atoms with Gasteiger partial charge in [-0.25, -0.2) is 0 Å². The molecule has 1 aromatic rings. The molecular weight excluding hydrogens is 226 g/mol. The maximum Gasteiger partial charge on any atom is 0.224 e. The Bertz CT molecular complexity index is 423. The Morgan fingerprint density at radius 2 is 1.89 bits per heavy atom. The number of amidine groups is 1. The number of rotatable bonds is 4. The predicted molar refractivity (Wildman–Crippen MR) is 77.4 cm³/mol. The largest absolute Gasteiger partial charge is 0.331 e. The lowest BCUT2D eigenvalue weighted by atomic mass is 10.2. The molecule has 1 rings (SSSR count). The van der Waals surface area contributed by atoms with Crippen molar-refractivity contribution < 1.29 is 4.79 Å². The van der Waals surface area contributed by atoms with E-state index in [1.807, 2.05) is 38.1 Å². The molecule has 1 amide bonds. The third kappa shape index (κ3) is 3.58. The molecule has 1 aromatic carbocycles. The Labute approximate surface area is 109 Å². The fraction of sp³-hybridized carbons (Fsp3) is 0.429. The lowest BCUT2D eigenvalue weighted by Crippen LogP contribution is -2.28. The van der Waals surface area contributed by atoms with Crippen LogP contribution in [0.2, 0.25) is 0 Å². The first-order valence-electron chi connectivity index (χ1n) is 6.23. The lowest BCUT2D eigenvalue weighted by Gasteiger charge is -2.22. The number of hydrogen-bond acceptors (Lipinski definition) is 2. The second-order valence-electron chi connectivity index (χ2n) is 3.96. The van der Waals surface area contributed by atoms with Crippen molar-refractivity contribution in [2.24, 2.45) is 4.99 Å². The summed E-state index contributed by atoms with van der Waals surface area (Å²) in [6, 6.07) is 7.80. The van der Waals surface area contributed by atoms with Crippen LogP contribution in [-0.2, 0) is 4.79 Å². The van der Waals surface area contributed by atoms with Crippen molar-refractivity contribution in [1.29, 1.82) is 0 Å². The summed E-state index contributed by atoms with van der Waals surface area (Å²) in [5.41, 5.74) is 1.91. The molecule has 4 nitrogen and oxygen atoms in total. The quantitative estimate of drug-likeness (QED) is 0.656. The summed E-state index contributed by atoms with van der Waals surface area (Å²) < 4.78 is 0. The highest BCUT2D eigenvalue weighted by Gasteiger charge is 2.07. The fourth-order valence-electron chi connectivity index (χ4n) is 1.69. The molecule has 0 aliphatic rings. The summed E-state index contributed by atoms with van der Waals surface area (Å²) in [5, 5.41) is 2.83. The van der Waals surface area contributed by atoms with Crippen molar-refractivity contribution >= 4 is 23.1 Å². The summed E-state index contributed by atoms with van der Waals surface area (Å²) in [5.74, 6) is 1.00. The highest BCUT2D eigenvalue weighted by molar-refractivity contribution is 5.96. The van der Waals surface area contributed by atoms with Crippen LogP contribution < -0.4 is 10.2 Å². The Hall–Kier alpha value is -1.84. The lowest BCUT2D eigenvalue weighted by molar-refractivity contribution is -0.115. The van der Waals surface area contributed by atoms with E-state index >= 15 is 0 Å². The van der Waals surface area contributed by atoms with Gasteiger partial charge in [0.25, 0.3) is 0 Å². The number of carbonyl (C=O) groups excluding carboxylic acids is 1. The SMILES string of the molecule is CCC(=O)Nc1ccc(N(CC)C(C)=NC)cc1. The van der Waals surface area contributed by atoms with Crippen molar-refractivity contribution in [2.75, 3.05) is 23.8 Å². The van der Waals surface area contributed by atoms with Crippen LogP contribution in [0.3, 0.4) is 0 Å². The first-order valence-corrected chi connectivity index (χ1v) is 6.23. The number of anilines is 2. The highest BCUT2D eigenvalue weighted by atomic mass is 16.1. The molecule has 4 heteroatoms. The molecule has 0 aromatic heterocycles. The van der Waals surface area contributed by atoms with Crippen LogP contribution in [-0.4, -0.2) is 25.3 Å². The van der Waals surface area contributed by atoms with E-state index < -0.39 is 0 Å². The number of nitrogens with zero attached hydrogens (tertiary/aromatic N) is 2. The first-order chi connectivity index (χ1) is 8.62.